The molecule has 1 aromatic carbocycles. The number of carbonyl (C=O) groups is 2. The maximum Gasteiger partial charge on any atom is 0.253 e. The van der Waals surface area contributed by atoms with Crippen LogP contribution in [-0.2, 0) is 9.59 Å². The molecule has 0 bridgehead atoms. The molecule has 1 atom stereocenters. The van der Waals surface area contributed by atoms with Crippen LogP contribution in [-0.4, -0.2) is 32.4 Å². The van der Waals surface area contributed by atoms with Gasteiger partial charge in [0.1, 0.15) is 6.04 Å². The van der Waals surface area contributed by atoms with Gasteiger partial charge in [-0.25, -0.2) is 5.10 Å². The monoisotopic (exact) mass is 260 g/mol. The lowest BCUT2D eigenvalue weighted by Gasteiger charge is -2.16. The molecular formula is C11H12N6O2. The molecule has 8 nitrogen and oxygen atoms in total. The number of carbonyl (C=O) groups excluding carboxylic acids is 2. The van der Waals surface area contributed by atoms with E-state index >= 15 is 0 Å². The van der Waals surface area contributed by atoms with Crippen molar-refractivity contribution in [1.82, 2.24) is 25.9 Å². The van der Waals surface area contributed by atoms with E-state index in [1.807, 2.05) is 6.07 Å². The maximum atomic E-state index is 12.1. The largest absolute Gasteiger partial charge is 0.341 e. The van der Waals surface area contributed by atoms with Crippen molar-refractivity contribution >= 4 is 17.8 Å². The van der Waals surface area contributed by atoms with Gasteiger partial charge < -0.3 is 5.32 Å². The van der Waals surface area contributed by atoms with E-state index in [0.29, 0.717) is 5.56 Å². The van der Waals surface area contributed by atoms with Crippen molar-refractivity contribution in [1.29, 1.82) is 0 Å². The van der Waals surface area contributed by atoms with E-state index in [1.165, 1.54) is 6.92 Å². The summed E-state index contributed by atoms with van der Waals surface area (Å²) in [5.41, 5.74) is 0.669. The second-order valence-electron chi connectivity index (χ2n) is 3.78. The summed E-state index contributed by atoms with van der Waals surface area (Å²) in [4.78, 5) is 23.3. The number of benzene rings is 1. The molecule has 0 saturated carbocycles. The Kier molecular flexibility index (Phi) is 3.81. The van der Waals surface area contributed by atoms with Gasteiger partial charge in [-0.3, -0.25) is 14.9 Å². The smallest absolute Gasteiger partial charge is 0.253 e. The van der Waals surface area contributed by atoms with Crippen molar-refractivity contribution in [3.05, 3.63) is 35.9 Å². The van der Waals surface area contributed by atoms with Crippen LogP contribution in [0.3, 0.4) is 0 Å². The molecule has 98 valence electrons. The first-order chi connectivity index (χ1) is 9.16. The Hall–Kier alpha value is -2.77. The molecule has 0 aliphatic heterocycles. The molecule has 2 aromatic rings. The highest BCUT2D eigenvalue weighted by Gasteiger charge is 2.22. The van der Waals surface area contributed by atoms with Crippen molar-refractivity contribution < 1.29 is 9.59 Å². The Balaban J connectivity index is 2.18. The van der Waals surface area contributed by atoms with E-state index < -0.39 is 11.9 Å². The van der Waals surface area contributed by atoms with E-state index in [1.54, 1.807) is 24.3 Å². The van der Waals surface area contributed by atoms with Crippen LogP contribution in [0.25, 0.3) is 0 Å². The molecule has 0 spiro atoms. The van der Waals surface area contributed by atoms with Crippen molar-refractivity contribution in [2.45, 2.75) is 13.0 Å². The molecule has 1 unspecified atom stereocenters. The Bertz CT molecular complexity index is 554. The fourth-order valence-electron chi connectivity index (χ4n) is 1.55. The van der Waals surface area contributed by atoms with Gasteiger partial charge in [-0.05, 0) is 16.0 Å². The zero-order chi connectivity index (χ0) is 13.7. The van der Waals surface area contributed by atoms with Gasteiger partial charge in [0.15, 0.2) is 0 Å². The predicted molar refractivity (Wildman–Crippen MR) is 65.8 cm³/mol. The number of nitrogens with one attached hydrogen (secondary N) is 3. The number of anilines is 1. The van der Waals surface area contributed by atoms with Crippen LogP contribution in [0.4, 0.5) is 5.95 Å². The zero-order valence-corrected chi connectivity index (χ0v) is 10.1. The number of nitrogens with zero attached hydrogens (tertiary/aromatic N) is 3. The van der Waals surface area contributed by atoms with Crippen LogP contribution in [0.5, 0.6) is 0 Å². The number of tetrazole rings is 1. The Morgan fingerprint density at radius 3 is 2.58 bits per heavy atom. The van der Waals surface area contributed by atoms with Gasteiger partial charge in [-0.1, -0.05) is 35.4 Å². The molecule has 0 aliphatic carbocycles. The molecule has 0 radical (unpaired) electrons. The fourth-order valence-corrected chi connectivity index (χ4v) is 1.55. The summed E-state index contributed by atoms with van der Waals surface area (Å²) in [5.74, 6) is -0.615. The number of hydrogen-bond donors (Lipinski definition) is 3. The van der Waals surface area contributed by atoms with E-state index in [-0.39, 0.29) is 11.9 Å². The summed E-state index contributed by atoms with van der Waals surface area (Å²) in [5, 5.41) is 17.7. The van der Waals surface area contributed by atoms with Crippen LogP contribution in [0, 0.1) is 0 Å². The van der Waals surface area contributed by atoms with E-state index in [9.17, 15) is 9.59 Å². The molecule has 3 N–H and O–H groups in total. The second-order valence-corrected chi connectivity index (χ2v) is 3.78. The third-order valence-electron chi connectivity index (χ3n) is 2.33. The van der Waals surface area contributed by atoms with Crippen molar-refractivity contribution in [3.8, 4) is 0 Å². The second kappa shape index (κ2) is 5.71. The average molecular weight is 260 g/mol. The van der Waals surface area contributed by atoms with Gasteiger partial charge in [0.05, 0.1) is 0 Å². The normalized spacial score (nSPS) is 11.6. The molecule has 1 heterocycles. The van der Waals surface area contributed by atoms with Crippen molar-refractivity contribution in [2.24, 2.45) is 0 Å². The molecule has 0 saturated heterocycles. The quantitative estimate of drug-likeness (QED) is 0.717. The van der Waals surface area contributed by atoms with E-state index in [0.717, 1.165) is 0 Å². The first-order valence-corrected chi connectivity index (χ1v) is 5.53. The van der Waals surface area contributed by atoms with Crippen molar-refractivity contribution in [3.63, 3.8) is 0 Å². The summed E-state index contributed by atoms with van der Waals surface area (Å²) in [6.07, 6.45) is 0. The van der Waals surface area contributed by atoms with Crippen LogP contribution >= 0.6 is 0 Å². The van der Waals surface area contributed by atoms with Crippen molar-refractivity contribution in [2.75, 3.05) is 5.32 Å². The summed E-state index contributed by atoms with van der Waals surface area (Å²) < 4.78 is 0. The standard InChI is InChI=1S/C11H12N6O2/c1-7(18)12-9(8-5-3-2-4-6-8)10(19)13-11-14-16-17-15-11/h2-6,9H,1H3,(H,12,18)(H2,13,14,15,16,17,19). The average Bonchev–Trinajstić information content (AvgIpc) is 2.89. The molecule has 8 heteroatoms. The van der Waals surface area contributed by atoms with Gasteiger partial charge in [-0.15, -0.1) is 0 Å². The number of H-pyrrole nitrogens is 1. The van der Waals surface area contributed by atoms with Crippen LogP contribution in [0.15, 0.2) is 30.3 Å². The highest BCUT2D eigenvalue weighted by Crippen LogP contribution is 2.14. The Labute approximate surface area is 108 Å². The summed E-state index contributed by atoms with van der Waals surface area (Å²) in [6.45, 7) is 1.35. The van der Waals surface area contributed by atoms with Gasteiger partial charge in [0.25, 0.3) is 5.91 Å². The van der Waals surface area contributed by atoms with Crippen LogP contribution in [0.1, 0.15) is 18.5 Å². The highest BCUT2D eigenvalue weighted by atomic mass is 16.2. The minimum atomic E-state index is -0.802. The zero-order valence-electron chi connectivity index (χ0n) is 10.1. The van der Waals surface area contributed by atoms with Crippen LogP contribution < -0.4 is 10.6 Å². The SMILES string of the molecule is CC(=O)NC(C(=O)Nc1nnn[nH]1)c1ccccc1. The van der Waals surface area contributed by atoms with E-state index in [2.05, 4.69) is 31.3 Å². The third kappa shape index (κ3) is 3.35. The summed E-state index contributed by atoms with van der Waals surface area (Å²) >= 11 is 0. The molecule has 1 aromatic heterocycles. The predicted octanol–water partition coefficient (Wildman–Crippen LogP) is 0.0156. The van der Waals surface area contributed by atoms with E-state index in [4.69, 9.17) is 0 Å². The molecule has 2 rings (SSSR count). The summed E-state index contributed by atoms with van der Waals surface area (Å²) in [6, 6.07) is 8.09. The fraction of sp³-hybridized carbons (Fsp3) is 0.182. The Morgan fingerprint density at radius 1 is 1.26 bits per heavy atom. The van der Waals surface area contributed by atoms with Crippen LogP contribution in [0.2, 0.25) is 0 Å². The first kappa shape index (κ1) is 12.7. The molecule has 2 amide bonds. The molecular weight excluding hydrogens is 248 g/mol. The number of rotatable bonds is 4. The molecule has 0 aliphatic rings. The van der Waals surface area contributed by atoms with Gasteiger partial charge in [-0.2, -0.15) is 0 Å². The first-order valence-electron chi connectivity index (χ1n) is 5.53. The molecule has 19 heavy (non-hydrogen) atoms. The maximum absolute atomic E-state index is 12.1. The third-order valence-corrected chi connectivity index (χ3v) is 2.33. The number of amides is 2. The van der Waals surface area contributed by atoms with Gasteiger partial charge in [0.2, 0.25) is 11.9 Å². The lowest BCUT2D eigenvalue weighted by molar-refractivity contribution is -0.125. The van der Waals surface area contributed by atoms with Gasteiger partial charge >= 0.3 is 0 Å². The topological polar surface area (TPSA) is 113 Å². The minimum Gasteiger partial charge on any atom is -0.341 e. The van der Waals surface area contributed by atoms with Gasteiger partial charge in [0, 0.05) is 6.92 Å². The molecule has 0 fully saturated rings. The summed E-state index contributed by atoms with van der Waals surface area (Å²) in [7, 11) is 0. The lowest BCUT2D eigenvalue weighted by atomic mass is 10.1. The number of aromatic amines is 1. The number of aromatic nitrogens is 4. The number of hydrogen-bond acceptors (Lipinski definition) is 5. The highest BCUT2D eigenvalue weighted by molar-refractivity contribution is 5.96. The lowest BCUT2D eigenvalue weighted by Crippen LogP contribution is -2.35. The minimum absolute atomic E-state index is 0.122. The Morgan fingerprint density at radius 2 is 2.00 bits per heavy atom.